The predicted octanol–water partition coefficient (Wildman–Crippen LogP) is 4.90. The van der Waals surface area contributed by atoms with Crippen molar-refractivity contribution in [1.82, 2.24) is 10.2 Å². The fourth-order valence-electron chi connectivity index (χ4n) is 4.05. The van der Waals surface area contributed by atoms with Crippen LogP contribution in [-0.4, -0.2) is 34.1 Å². The van der Waals surface area contributed by atoms with Crippen molar-refractivity contribution in [2.45, 2.75) is 25.2 Å². The number of carboxylic acids is 1. The average molecular weight is 477 g/mol. The van der Waals surface area contributed by atoms with Crippen LogP contribution in [0.5, 0.6) is 0 Å². The molecule has 1 aromatic rings. The second kappa shape index (κ2) is 8.94. The number of nitrogens with one attached hydrogen (secondary N) is 1. The Balaban J connectivity index is 1.55. The van der Waals surface area contributed by atoms with E-state index in [9.17, 15) is 22.8 Å². The van der Waals surface area contributed by atoms with Gasteiger partial charge in [-0.2, -0.15) is 13.2 Å². The van der Waals surface area contributed by atoms with E-state index in [1.807, 2.05) is 18.2 Å². The Labute approximate surface area is 193 Å². The van der Waals surface area contributed by atoms with Crippen molar-refractivity contribution < 1.29 is 27.9 Å². The number of allylic oxidation sites excluding steroid dienone is 4. The third kappa shape index (κ3) is 4.90. The third-order valence-corrected chi connectivity index (χ3v) is 6.05. The lowest BCUT2D eigenvalue weighted by atomic mass is 9.90. The largest absolute Gasteiger partial charge is 0.478 e. The summed E-state index contributed by atoms with van der Waals surface area (Å²) in [6.07, 6.45) is 6.82. The molecule has 5 nitrogen and oxygen atoms in total. The van der Waals surface area contributed by atoms with E-state index in [0.717, 1.165) is 6.08 Å². The van der Waals surface area contributed by atoms with Crippen LogP contribution in [0.1, 0.15) is 22.3 Å². The van der Waals surface area contributed by atoms with E-state index >= 15 is 0 Å². The van der Waals surface area contributed by atoms with Gasteiger partial charge in [-0.3, -0.25) is 4.79 Å². The number of aromatic carboxylic acids is 1. The molecule has 9 heteroatoms. The highest BCUT2D eigenvalue weighted by Crippen LogP contribution is 2.40. The van der Waals surface area contributed by atoms with E-state index in [1.165, 1.54) is 18.2 Å². The molecule has 1 amide bonds. The molecule has 4 rings (SSSR count). The second-order valence-corrected chi connectivity index (χ2v) is 8.40. The van der Waals surface area contributed by atoms with Gasteiger partial charge in [0.2, 0.25) is 0 Å². The van der Waals surface area contributed by atoms with Gasteiger partial charge in [0.05, 0.1) is 23.1 Å². The van der Waals surface area contributed by atoms with Crippen LogP contribution < -0.4 is 5.32 Å². The number of alkyl halides is 3. The van der Waals surface area contributed by atoms with Gasteiger partial charge in [0.1, 0.15) is 0 Å². The number of rotatable bonds is 5. The zero-order chi connectivity index (χ0) is 23.8. The number of nitrogens with zero attached hydrogens (tertiary/aromatic N) is 1. The summed E-state index contributed by atoms with van der Waals surface area (Å²) in [5.74, 6) is -3.50. The third-order valence-electron chi connectivity index (χ3n) is 5.79. The topological polar surface area (TPSA) is 69.6 Å². The molecular weight excluding hydrogens is 457 g/mol. The van der Waals surface area contributed by atoms with Crippen molar-refractivity contribution in [2.75, 3.05) is 0 Å². The van der Waals surface area contributed by atoms with Gasteiger partial charge < -0.3 is 15.3 Å². The summed E-state index contributed by atoms with van der Waals surface area (Å²) < 4.78 is 40.3. The van der Waals surface area contributed by atoms with Gasteiger partial charge in [0, 0.05) is 29.4 Å². The van der Waals surface area contributed by atoms with Crippen molar-refractivity contribution in [1.29, 1.82) is 0 Å². The van der Waals surface area contributed by atoms with Gasteiger partial charge in [-0.05, 0) is 30.2 Å². The second-order valence-electron chi connectivity index (χ2n) is 7.97. The molecule has 3 atom stereocenters. The Morgan fingerprint density at radius 3 is 2.55 bits per heavy atom. The van der Waals surface area contributed by atoms with Crippen molar-refractivity contribution in [3.63, 3.8) is 0 Å². The molecule has 0 saturated heterocycles. The van der Waals surface area contributed by atoms with E-state index in [1.54, 1.807) is 29.3 Å². The lowest BCUT2D eigenvalue weighted by Crippen LogP contribution is -2.37. The van der Waals surface area contributed by atoms with E-state index in [0.29, 0.717) is 16.3 Å². The Morgan fingerprint density at radius 2 is 1.88 bits per heavy atom. The smallest absolute Gasteiger partial charge is 0.395 e. The number of fused-ring (bicyclic) bond motifs is 1. The molecule has 0 radical (unpaired) electrons. The number of carboxylic acid groups (broad SMARTS) is 1. The molecule has 33 heavy (non-hydrogen) atoms. The van der Waals surface area contributed by atoms with Crippen molar-refractivity contribution in [3.05, 3.63) is 94.4 Å². The molecule has 1 aromatic carbocycles. The maximum absolute atomic E-state index is 13.4. The van der Waals surface area contributed by atoms with Crippen LogP contribution in [0.2, 0.25) is 0 Å². The maximum atomic E-state index is 13.4. The molecule has 2 aliphatic carbocycles. The summed E-state index contributed by atoms with van der Waals surface area (Å²) in [5, 5.41) is 12.2. The van der Waals surface area contributed by atoms with Crippen molar-refractivity contribution in [2.24, 2.45) is 11.8 Å². The highest BCUT2D eigenvalue weighted by molar-refractivity contribution is 6.31. The molecular formula is C24H20ClF3N2O3. The number of hydrogen-bond donors (Lipinski definition) is 2. The number of amides is 1. The fourth-order valence-corrected chi connectivity index (χ4v) is 4.27. The standard InChI is InChI=1S/C24H20ClF3N2O3/c25-18-6-8-20-16(11-18)9-10-30(20)21-7-5-17(24(26,27)28)12-19(21)22(31)29-13-14-1-3-15(4-2-14)23(32)33/h1-4,6-12,16-17,20H,5,13H2,(H,29,31)(H,32,33). The molecule has 1 aliphatic heterocycles. The first-order valence-electron chi connectivity index (χ1n) is 10.2. The number of benzene rings is 1. The van der Waals surface area contributed by atoms with Crippen LogP contribution in [0.3, 0.4) is 0 Å². The minimum atomic E-state index is -4.47. The average Bonchev–Trinajstić information content (AvgIpc) is 3.19. The zero-order valence-corrected chi connectivity index (χ0v) is 18.0. The van der Waals surface area contributed by atoms with Crippen LogP contribution in [0.25, 0.3) is 0 Å². The highest BCUT2D eigenvalue weighted by Gasteiger charge is 2.42. The van der Waals surface area contributed by atoms with E-state index < -0.39 is 24.0 Å². The zero-order valence-electron chi connectivity index (χ0n) is 17.2. The molecule has 172 valence electrons. The molecule has 0 saturated carbocycles. The number of halogens is 4. The monoisotopic (exact) mass is 476 g/mol. The minimum Gasteiger partial charge on any atom is -0.478 e. The van der Waals surface area contributed by atoms with E-state index in [-0.39, 0.29) is 36.1 Å². The van der Waals surface area contributed by atoms with Crippen molar-refractivity contribution in [3.8, 4) is 0 Å². The lowest BCUT2D eigenvalue weighted by Gasteiger charge is -2.33. The minimum absolute atomic E-state index is 0.0409. The molecule has 0 bridgehead atoms. The predicted molar refractivity (Wildman–Crippen MR) is 117 cm³/mol. The van der Waals surface area contributed by atoms with Crippen molar-refractivity contribution >= 4 is 23.5 Å². The lowest BCUT2D eigenvalue weighted by molar-refractivity contribution is -0.160. The molecule has 3 aliphatic rings. The van der Waals surface area contributed by atoms with E-state index in [2.05, 4.69) is 5.32 Å². The SMILES string of the molecule is O=C(NCc1ccc(C(=O)O)cc1)C1=CC(C(F)(F)F)CC=C1N1C=CC2C=C(Cl)C=CC21. The van der Waals surface area contributed by atoms with Gasteiger partial charge in [-0.1, -0.05) is 54.1 Å². The van der Waals surface area contributed by atoms with Gasteiger partial charge in [0.15, 0.2) is 0 Å². The highest BCUT2D eigenvalue weighted by atomic mass is 35.5. The number of carbonyl (C=O) groups is 2. The summed E-state index contributed by atoms with van der Waals surface area (Å²) in [6, 6.07) is 5.71. The fraction of sp³-hybridized carbons (Fsp3) is 0.250. The molecule has 3 unspecified atom stereocenters. The normalized spacial score (nSPS) is 24.1. The number of carbonyl (C=O) groups excluding carboxylic acids is 1. The van der Waals surface area contributed by atoms with Gasteiger partial charge >= 0.3 is 12.1 Å². The van der Waals surface area contributed by atoms with Gasteiger partial charge in [0.25, 0.3) is 5.91 Å². The van der Waals surface area contributed by atoms with Crippen LogP contribution in [0.15, 0.2) is 83.2 Å². The van der Waals surface area contributed by atoms with Crippen LogP contribution >= 0.6 is 11.6 Å². The molecule has 0 aromatic heterocycles. The first-order valence-corrected chi connectivity index (χ1v) is 10.6. The Kier molecular flexibility index (Phi) is 6.21. The van der Waals surface area contributed by atoms with Crippen LogP contribution in [0, 0.1) is 11.8 Å². The first kappa shape index (κ1) is 22.9. The Bertz CT molecular complexity index is 1120. The molecule has 0 spiro atoms. The number of hydrogen-bond acceptors (Lipinski definition) is 3. The van der Waals surface area contributed by atoms with Gasteiger partial charge in [-0.15, -0.1) is 0 Å². The van der Waals surface area contributed by atoms with Gasteiger partial charge in [-0.25, -0.2) is 4.79 Å². The summed E-state index contributed by atoms with van der Waals surface area (Å²) in [7, 11) is 0. The summed E-state index contributed by atoms with van der Waals surface area (Å²) in [4.78, 5) is 25.8. The first-order chi connectivity index (χ1) is 15.6. The summed E-state index contributed by atoms with van der Waals surface area (Å²) in [6.45, 7) is 0.0418. The Morgan fingerprint density at radius 1 is 1.15 bits per heavy atom. The maximum Gasteiger partial charge on any atom is 0.395 e. The quantitative estimate of drug-likeness (QED) is 0.634. The summed E-state index contributed by atoms with van der Waals surface area (Å²) >= 11 is 6.07. The molecule has 1 heterocycles. The Hall–Kier alpha value is -3.26. The molecule has 2 N–H and O–H groups in total. The van der Waals surface area contributed by atoms with Crippen LogP contribution in [0.4, 0.5) is 13.2 Å². The molecule has 0 fully saturated rings. The summed E-state index contributed by atoms with van der Waals surface area (Å²) in [5.41, 5.74) is 1.08. The van der Waals surface area contributed by atoms with E-state index in [4.69, 9.17) is 16.7 Å². The van der Waals surface area contributed by atoms with Crippen LogP contribution in [-0.2, 0) is 11.3 Å².